The normalized spacial score (nSPS) is 12.6. The Morgan fingerprint density at radius 1 is 1.29 bits per heavy atom. The second-order valence-electron chi connectivity index (χ2n) is 4.34. The zero-order valence-electron chi connectivity index (χ0n) is 10.5. The summed E-state index contributed by atoms with van der Waals surface area (Å²) in [6, 6.07) is 6.75. The average Bonchev–Trinajstić information content (AvgIpc) is 2.67. The molecule has 0 spiro atoms. The quantitative estimate of drug-likeness (QED) is 0.891. The Morgan fingerprint density at radius 3 is 2.59 bits per heavy atom. The molecular formula is C14H18N2S. The van der Waals surface area contributed by atoms with Crippen molar-refractivity contribution in [2.75, 3.05) is 0 Å². The van der Waals surface area contributed by atoms with Crippen LogP contribution >= 0.6 is 11.3 Å². The SMILES string of the molecule is Cc1cc(CNC(C)c2ccncc2)sc1C. The Kier molecular flexibility index (Phi) is 3.92. The first-order valence-corrected chi connectivity index (χ1v) is 6.67. The summed E-state index contributed by atoms with van der Waals surface area (Å²) >= 11 is 1.88. The maximum atomic E-state index is 4.04. The van der Waals surface area contributed by atoms with Gasteiger partial charge in [-0.15, -0.1) is 11.3 Å². The summed E-state index contributed by atoms with van der Waals surface area (Å²) in [5.74, 6) is 0. The Morgan fingerprint density at radius 2 is 2.00 bits per heavy atom. The van der Waals surface area contributed by atoms with Crippen LogP contribution in [0.15, 0.2) is 30.6 Å². The number of nitrogens with one attached hydrogen (secondary N) is 1. The van der Waals surface area contributed by atoms with E-state index in [1.54, 1.807) is 0 Å². The Labute approximate surface area is 107 Å². The van der Waals surface area contributed by atoms with Crippen LogP contribution in [0.5, 0.6) is 0 Å². The summed E-state index contributed by atoms with van der Waals surface area (Å²) in [5, 5.41) is 3.54. The molecule has 0 aliphatic heterocycles. The van der Waals surface area contributed by atoms with E-state index in [1.165, 1.54) is 20.9 Å². The molecule has 2 aromatic heterocycles. The third-order valence-corrected chi connectivity index (χ3v) is 4.16. The Balaban J connectivity index is 1.94. The predicted octanol–water partition coefficient (Wildman–Crippen LogP) is 3.61. The van der Waals surface area contributed by atoms with Gasteiger partial charge in [-0.1, -0.05) is 0 Å². The van der Waals surface area contributed by atoms with E-state index in [2.05, 4.69) is 49.3 Å². The molecule has 1 unspecified atom stereocenters. The average molecular weight is 246 g/mol. The van der Waals surface area contributed by atoms with Crippen molar-refractivity contribution in [2.24, 2.45) is 0 Å². The molecule has 0 bridgehead atoms. The lowest BCUT2D eigenvalue weighted by molar-refractivity contribution is 0.578. The highest BCUT2D eigenvalue weighted by Gasteiger charge is 2.06. The van der Waals surface area contributed by atoms with E-state index < -0.39 is 0 Å². The molecule has 0 saturated carbocycles. The lowest BCUT2D eigenvalue weighted by atomic mass is 10.1. The van der Waals surface area contributed by atoms with Gasteiger partial charge in [0.1, 0.15) is 0 Å². The molecule has 2 rings (SSSR count). The number of hydrogen-bond acceptors (Lipinski definition) is 3. The highest BCUT2D eigenvalue weighted by molar-refractivity contribution is 7.12. The largest absolute Gasteiger partial charge is 0.305 e. The maximum Gasteiger partial charge on any atom is 0.0305 e. The molecule has 0 aromatic carbocycles. The van der Waals surface area contributed by atoms with Crippen molar-refractivity contribution in [3.63, 3.8) is 0 Å². The van der Waals surface area contributed by atoms with E-state index in [0.29, 0.717) is 6.04 Å². The molecule has 90 valence electrons. The third kappa shape index (κ3) is 3.14. The molecule has 2 aromatic rings. The smallest absolute Gasteiger partial charge is 0.0305 e. The molecular weight excluding hydrogens is 228 g/mol. The highest BCUT2D eigenvalue weighted by Crippen LogP contribution is 2.21. The van der Waals surface area contributed by atoms with Crippen molar-refractivity contribution in [2.45, 2.75) is 33.4 Å². The molecule has 0 radical (unpaired) electrons. The Bertz CT molecular complexity index is 457. The fourth-order valence-electron chi connectivity index (χ4n) is 1.76. The van der Waals surface area contributed by atoms with Crippen molar-refractivity contribution >= 4 is 11.3 Å². The molecule has 17 heavy (non-hydrogen) atoms. The minimum Gasteiger partial charge on any atom is -0.305 e. The van der Waals surface area contributed by atoms with Crippen molar-refractivity contribution in [1.29, 1.82) is 0 Å². The van der Waals surface area contributed by atoms with Gasteiger partial charge < -0.3 is 5.32 Å². The first-order chi connectivity index (χ1) is 8.16. The van der Waals surface area contributed by atoms with E-state index in [1.807, 2.05) is 23.7 Å². The second kappa shape index (κ2) is 5.43. The van der Waals surface area contributed by atoms with E-state index >= 15 is 0 Å². The second-order valence-corrected chi connectivity index (χ2v) is 5.68. The lowest BCUT2D eigenvalue weighted by Crippen LogP contribution is -2.17. The van der Waals surface area contributed by atoms with Crippen molar-refractivity contribution < 1.29 is 0 Å². The number of thiophene rings is 1. The van der Waals surface area contributed by atoms with Gasteiger partial charge in [0.05, 0.1) is 0 Å². The van der Waals surface area contributed by atoms with Crippen LogP contribution in [0.1, 0.15) is 33.8 Å². The molecule has 2 nitrogen and oxygen atoms in total. The summed E-state index contributed by atoms with van der Waals surface area (Å²) in [4.78, 5) is 6.85. The van der Waals surface area contributed by atoms with Gasteiger partial charge in [0.15, 0.2) is 0 Å². The van der Waals surface area contributed by atoms with E-state index in [-0.39, 0.29) is 0 Å². The number of nitrogens with zero attached hydrogens (tertiary/aromatic N) is 1. The molecule has 0 aliphatic carbocycles. The molecule has 0 saturated heterocycles. The van der Waals surface area contributed by atoms with Crippen LogP contribution in [0, 0.1) is 13.8 Å². The summed E-state index contributed by atoms with van der Waals surface area (Å²) in [6.07, 6.45) is 3.68. The first kappa shape index (κ1) is 12.3. The van der Waals surface area contributed by atoms with Crippen LogP contribution in [0.4, 0.5) is 0 Å². The topological polar surface area (TPSA) is 24.9 Å². The third-order valence-electron chi connectivity index (χ3n) is 3.01. The van der Waals surface area contributed by atoms with Gasteiger partial charge in [-0.3, -0.25) is 4.98 Å². The van der Waals surface area contributed by atoms with Crippen LogP contribution in [0.3, 0.4) is 0 Å². The number of hydrogen-bond donors (Lipinski definition) is 1. The van der Waals surface area contributed by atoms with Gasteiger partial charge in [0.25, 0.3) is 0 Å². The van der Waals surface area contributed by atoms with Gasteiger partial charge >= 0.3 is 0 Å². The number of rotatable bonds is 4. The molecule has 2 heterocycles. The monoisotopic (exact) mass is 246 g/mol. The Hall–Kier alpha value is -1.19. The van der Waals surface area contributed by atoms with Crippen LogP contribution in [-0.4, -0.2) is 4.98 Å². The van der Waals surface area contributed by atoms with E-state index in [0.717, 1.165) is 6.54 Å². The maximum absolute atomic E-state index is 4.04. The van der Waals surface area contributed by atoms with Gasteiger partial charge in [0.2, 0.25) is 0 Å². The molecule has 0 aliphatic rings. The zero-order chi connectivity index (χ0) is 12.3. The minimum absolute atomic E-state index is 0.362. The highest BCUT2D eigenvalue weighted by atomic mass is 32.1. The summed E-state index contributed by atoms with van der Waals surface area (Å²) in [5.41, 5.74) is 2.67. The van der Waals surface area contributed by atoms with Crippen molar-refractivity contribution in [1.82, 2.24) is 10.3 Å². The predicted molar refractivity (Wildman–Crippen MR) is 73.3 cm³/mol. The van der Waals surface area contributed by atoms with Crippen molar-refractivity contribution in [3.05, 3.63) is 51.5 Å². The fraction of sp³-hybridized carbons (Fsp3) is 0.357. The number of aromatic nitrogens is 1. The van der Waals surface area contributed by atoms with Crippen LogP contribution in [0.25, 0.3) is 0 Å². The number of aryl methyl sites for hydroxylation is 2. The van der Waals surface area contributed by atoms with E-state index in [4.69, 9.17) is 0 Å². The van der Waals surface area contributed by atoms with Gasteiger partial charge in [-0.05, 0) is 50.1 Å². The van der Waals surface area contributed by atoms with Gasteiger partial charge in [0, 0.05) is 34.7 Å². The molecule has 1 atom stereocenters. The van der Waals surface area contributed by atoms with Crippen LogP contribution in [0.2, 0.25) is 0 Å². The van der Waals surface area contributed by atoms with Gasteiger partial charge in [-0.2, -0.15) is 0 Å². The molecule has 1 N–H and O–H groups in total. The first-order valence-electron chi connectivity index (χ1n) is 5.86. The summed E-state index contributed by atoms with van der Waals surface area (Å²) < 4.78 is 0. The van der Waals surface area contributed by atoms with Crippen LogP contribution < -0.4 is 5.32 Å². The standard InChI is InChI=1S/C14H18N2S/c1-10-8-14(17-12(10)3)9-16-11(2)13-4-6-15-7-5-13/h4-8,11,16H,9H2,1-3H3. The lowest BCUT2D eigenvalue weighted by Gasteiger charge is -2.12. The van der Waals surface area contributed by atoms with Crippen molar-refractivity contribution in [3.8, 4) is 0 Å². The van der Waals surface area contributed by atoms with Gasteiger partial charge in [-0.25, -0.2) is 0 Å². The zero-order valence-corrected chi connectivity index (χ0v) is 11.3. The fourth-order valence-corrected chi connectivity index (χ4v) is 2.76. The molecule has 3 heteroatoms. The van der Waals surface area contributed by atoms with E-state index in [9.17, 15) is 0 Å². The molecule has 0 amide bonds. The molecule has 0 fully saturated rings. The summed E-state index contributed by atoms with van der Waals surface area (Å²) in [7, 11) is 0. The number of pyridine rings is 1. The minimum atomic E-state index is 0.362. The summed E-state index contributed by atoms with van der Waals surface area (Å²) in [6.45, 7) is 7.46. The van der Waals surface area contributed by atoms with Crippen LogP contribution in [-0.2, 0) is 6.54 Å².